The van der Waals surface area contributed by atoms with E-state index in [9.17, 15) is 14.9 Å². The minimum Gasteiger partial charge on any atom is -0.478 e. The van der Waals surface area contributed by atoms with Gasteiger partial charge in [0.25, 0.3) is 5.69 Å². The molecule has 0 spiro atoms. The normalized spacial score (nSPS) is 10.2. The second-order valence-corrected chi connectivity index (χ2v) is 3.62. The summed E-state index contributed by atoms with van der Waals surface area (Å²) in [6.45, 7) is 0. The van der Waals surface area contributed by atoms with Crippen LogP contribution in [0, 0.1) is 10.1 Å². The lowest BCUT2D eigenvalue weighted by atomic mass is 10.1. The number of carbonyl (C=O) groups is 1. The SMILES string of the molecule is Nc1[nH]c(-c2ccc([N+](=O)[O-])cc2)cc1C(=O)O. The van der Waals surface area contributed by atoms with Crippen LogP contribution in [0.4, 0.5) is 11.5 Å². The average Bonchev–Trinajstić information content (AvgIpc) is 2.71. The van der Waals surface area contributed by atoms with Gasteiger partial charge in [-0.25, -0.2) is 4.79 Å². The maximum absolute atomic E-state index is 10.8. The van der Waals surface area contributed by atoms with Gasteiger partial charge in [-0.2, -0.15) is 0 Å². The van der Waals surface area contributed by atoms with E-state index in [0.717, 1.165) is 0 Å². The molecule has 0 aliphatic heterocycles. The summed E-state index contributed by atoms with van der Waals surface area (Å²) in [5.41, 5.74) is 6.58. The standard InChI is InChI=1S/C11H9N3O4/c12-10-8(11(15)16)5-9(13-10)6-1-3-7(4-2-6)14(17)18/h1-5,13H,12H2,(H,15,16). The zero-order valence-electron chi connectivity index (χ0n) is 9.08. The number of anilines is 1. The predicted molar refractivity (Wildman–Crippen MR) is 64.3 cm³/mol. The summed E-state index contributed by atoms with van der Waals surface area (Å²) in [6.07, 6.45) is 0. The molecule has 1 aromatic heterocycles. The van der Waals surface area contributed by atoms with Gasteiger partial charge in [-0.3, -0.25) is 10.1 Å². The molecule has 0 unspecified atom stereocenters. The van der Waals surface area contributed by atoms with Crippen molar-refractivity contribution in [3.63, 3.8) is 0 Å². The van der Waals surface area contributed by atoms with E-state index in [1.807, 2.05) is 0 Å². The van der Waals surface area contributed by atoms with E-state index in [-0.39, 0.29) is 17.1 Å². The molecule has 0 saturated carbocycles. The number of carboxylic acid groups (broad SMARTS) is 1. The maximum atomic E-state index is 10.8. The highest BCUT2D eigenvalue weighted by molar-refractivity contribution is 5.94. The molecule has 0 aliphatic carbocycles. The lowest BCUT2D eigenvalue weighted by Crippen LogP contribution is -1.98. The van der Waals surface area contributed by atoms with Gasteiger partial charge >= 0.3 is 5.97 Å². The third kappa shape index (κ3) is 2.01. The lowest BCUT2D eigenvalue weighted by Gasteiger charge is -1.97. The Morgan fingerprint density at radius 2 is 1.94 bits per heavy atom. The van der Waals surface area contributed by atoms with Gasteiger partial charge < -0.3 is 15.8 Å². The number of aromatic carboxylic acids is 1. The van der Waals surface area contributed by atoms with Gasteiger partial charge in [0, 0.05) is 17.8 Å². The van der Waals surface area contributed by atoms with Crippen LogP contribution >= 0.6 is 0 Å². The Bertz CT molecular complexity index is 616. The molecule has 92 valence electrons. The fraction of sp³-hybridized carbons (Fsp3) is 0. The summed E-state index contributed by atoms with van der Waals surface area (Å²) in [4.78, 5) is 23.5. The van der Waals surface area contributed by atoms with Crippen molar-refractivity contribution in [2.45, 2.75) is 0 Å². The van der Waals surface area contributed by atoms with Crippen LogP contribution in [-0.4, -0.2) is 21.0 Å². The van der Waals surface area contributed by atoms with Gasteiger partial charge in [0.1, 0.15) is 11.4 Å². The van der Waals surface area contributed by atoms with E-state index in [1.54, 1.807) is 0 Å². The zero-order valence-corrected chi connectivity index (χ0v) is 9.08. The van der Waals surface area contributed by atoms with Gasteiger partial charge in [-0.1, -0.05) is 0 Å². The number of nitrogen functional groups attached to an aromatic ring is 1. The second-order valence-electron chi connectivity index (χ2n) is 3.62. The van der Waals surface area contributed by atoms with Gasteiger partial charge in [0.05, 0.1) is 4.92 Å². The fourth-order valence-electron chi connectivity index (χ4n) is 1.57. The quantitative estimate of drug-likeness (QED) is 0.564. The number of aromatic amines is 1. The first-order valence-electron chi connectivity index (χ1n) is 4.95. The van der Waals surface area contributed by atoms with Crippen LogP contribution < -0.4 is 5.73 Å². The van der Waals surface area contributed by atoms with E-state index < -0.39 is 10.9 Å². The summed E-state index contributed by atoms with van der Waals surface area (Å²) >= 11 is 0. The summed E-state index contributed by atoms with van der Waals surface area (Å²) in [7, 11) is 0. The number of nitro groups is 1. The molecule has 2 rings (SSSR count). The molecule has 0 bridgehead atoms. The van der Waals surface area contributed by atoms with Crippen molar-refractivity contribution in [3.8, 4) is 11.3 Å². The van der Waals surface area contributed by atoms with Crippen molar-refractivity contribution >= 4 is 17.5 Å². The first-order chi connectivity index (χ1) is 8.49. The van der Waals surface area contributed by atoms with Crippen LogP contribution in [0.2, 0.25) is 0 Å². The number of benzene rings is 1. The molecule has 0 radical (unpaired) electrons. The molecular formula is C11H9N3O4. The number of hydrogen-bond donors (Lipinski definition) is 3. The Morgan fingerprint density at radius 3 is 2.39 bits per heavy atom. The number of non-ortho nitro benzene ring substituents is 1. The van der Waals surface area contributed by atoms with Gasteiger partial charge in [-0.05, 0) is 23.8 Å². The van der Waals surface area contributed by atoms with E-state index in [4.69, 9.17) is 10.8 Å². The molecule has 4 N–H and O–H groups in total. The van der Waals surface area contributed by atoms with E-state index in [2.05, 4.69) is 4.98 Å². The highest BCUT2D eigenvalue weighted by Crippen LogP contribution is 2.25. The number of hydrogen-bond acceptors (Lipinski definition) is 4. The largest absolute Gasteiger partial charge is 0.478 e. The van der Waals surface area contributed by atoms with Crippen molar-refractivity contribution in [2.24, 2.45) is 0 Å². The molecule has 0 fully saturated rings. The van der Waals surface area contributed by atoms with Gasteiger partial charge in [0.15, 0.2) is 0 Å². The molecule has 1 aromatic carbocycles. The fourth-order valence-corrected chi connectivity index (χ4v) is 1.57. The van der Waals surface area contributed by atoms with Crippen LogP contribution in [0.3, 0.4) is 0 Å². The summed E-state index contributed by atoms with van der Waals surface area (Å²) < 4.78 is 0. The average molecular weight is 247 g/mol. The Balaban J connectivity index is 2.40. The van der Waals surface area contributed by atoms with Crippen molar-refractivity contribution in [2.75, 3.05) is 5.73 Å². The van der Waals surface area contributed by atoms with Crippen molar-refractivity contribution in [3.05, 3.63) is 46.0 Å². The maximum Gasteiger partial charge on any atom is 0.339 e. The molecular weight excluding hydrogens is 238 g/mol. The van der Waals surface area contributed by atoms with Gasteiger partial charge in [0.2, 0.25) is 0 Å². The topological polar surface area (TPSA) is 122 Å². The highest BCUT2D eigenvalue weighted by Gasteiger charge is 2.13. The first kappa shape index (κ1) is 11.6. The van der Waals surface area contributed by atoms with Crippen LogP contribution in [0.25, 0.3) is 11.3 Å². The first-order valence-corrected chi connectivity index (χ1v) is 4.95. The summed E-state index contributed by atoms with van der Waals surface area (Å²) in [6, 6.07) is 7.11. The number of nitrogens with one attached hydrogen (secondary N) is 1. The van der Waals surface area contributed by atoms with E-state index in [0.29, 0.717) is 11.3 Å². The van der Waals surface area contributed by atoms with Crippen molar-refractivity contribution in [1.82, 2.24) is 4.98 Å². The third-order valence-electron chi connectivity index (χ3n) is 2.47. The van der Waals surface area contributed by atoms with Crippen LogP contribution in [0.1, 0.15) is 10.4 Å². The van der Waals surface area contributed by atoms with Crippen LogP contribution in [0.5, 0.6) is 0 Å². The molecule has 0 amide bonds. The molecule has 0 atom stereocenters. The number of carboxylic acids is 1. The molecule has 18 heavy (non-hydrogen) atoms. The van der Waals surface area contributed by atoms with Crippen LogP contribution in [0.15, 0.2) is 30.3 Å². The Kier molecular flexibility index (Phi) is 2.72. The molecule has 2 aromatic rings. The molecule has 1 heterocycles. The molecule has 7 nitrogen and oxygen atoms in total. The minimum absolute atomic E-state index is 0.0247. The molecule has 0 saturated heterocycles. The van der Waals surface area contributed by atoms with E-state index in [1.165, 1.54) is 30.3 Å². The number of nitro benzene ring substituents is 1. The number of aromatic nitrogens is 1. The minimum atomic E-state index is -1.13. The van der Waals surface area contributed by atoms with E-state index >= 15 is 0 Å². The van der Waals surface area contributed by atoms with Crippen LogP contribution in [-0.2, 0) is 0 Å². The highest BCUT2D eigenvalue weighted by atomic mass is 16.6. The zero-order chi connectivity index (χ0) is 13.3. The number of nitrogens with zero attached hydrogens (tertiary/aromatic N) is 1. The Morgan fingerprint density at radius 1 is 1.33 bits per heavy atom. The lowest BCUT2D eigenvalue weighted by molar-refractivity contribution is -0.384. The number of H-pyrrole nitrogens is 1. The third-order valence-corrected chi connectivity index (χ3v) is 2.47. The number of nitrogens with two attached hydrogens (primary N) is 1. The Hall–Kier alpha value is -2.83. The van der Waals surface area contributed by atoms with Crippen molar-refractivity contribution in [1.29, 1.82) is 0 Å². The molecule has 7 heteroatoms. The predicted octanol–water partition coefficient (Wildman–Crippen LogP) is 1.87. The number of rotatable bonds is 3. The second kappa shape index (κ2) is 4.21. The van der Waals surface area contributed by atoms with Crippen molar-refractivity contribution < 1.29 is 14.8 Å². The van der Waals surface area contributed by atoms with Gasteiger partial charge in [-0.15, -0.1) is 0 Å². The Labute approximate surface area is 101 Å². The monoisotopic (exact) mass is 247 g/mol. The summed E-state index contributed by atoms with van der Waals surface area (Å²) in [5, 5.41) is 19.3. The smallest absolute Gasteiger partial charge is 0.339 e. The summed E-state index contributed by atoms with van der Waals surface area (Å²) in [5.74, 6) is -1.08. The molecule has 0 aliphatic rings.